The molecule has 0 saturated carbocycles. The van der Waals surface area contributed by atoms with Crippen LogP contribution in [0.1, 0.15) is 51.8 Å². The normalized spacial score (nSPS) is 12.1. The molecule has 1 aromatic rings. The summed E-state index contributed by atoms with van der Waals surface area (Å²) in [7, 11) is 0. The second-order valence-corrected chi connectivity index (χ2v) is 5.11. The van der Waals surface area contributed by atoms with Gasteiger partial charge in [0.1, 0.15) is 0 Å². The number of hydrogen-bond acceptors (Lipinski definition) is 2. The zero-order chi connectivity index (χ0) is 11.6. The molecule has 0 bridgehead atoms. The third-order valence-electron chi connectivity index (χ3n) is 2.66. The van der Waals surface area contributed by atoms with E-state index in [9.17, 15) is 5.11 Å². The lowest BCUT2D eigenvalue weighted by molar-refractivity contribution is 0.419. The highest BCUT2D eigenvalue weighted by Crippen LogP contribution is 2.32. The van der Waals surface area contributed by atoms with Gasteiger partial charge in [-0.25, -0.2) is 0 Å². The Kier molecular flexibility index (Phi) is 3.42. The molecule has 3 nitrogen and oxygen atoms in total. The van der Waals surface area contributed by atoms with Crippen LogP contribution in [0.5, 0.6) is 5.88 Å². The number of unbranched alkanes of at least 4 members (excludes halogenated alkanes) is 1. The summed E-state index contributed by atoms with van der Waals surface area (Å²) in [6.45, 7) is 11.4. The molecule has 1 heterocycles. The first kappa shape index (κ1) is 12.1. The number of nitrogens with zero attached hydrogens (tertiary/aromatic N) is 2. The maximum atomic E-state index is 9.82. The summed E-state index contributed by atoms with van der Waals surface area (Å²) >= 11 is 0. The molecule has 1 N–H and O–H groups in total. The van der Waals surface area contributed by atoms with Gasteiger partial charge in [-0.2, -0.15) is 0 Å². The molecule has 0 aromatic carbocycles. The van der Waals surface area contributed by atoms with E-state index in [1.165, 1.54) is 0 Å². The molecule has 0 aliphatic carbocycles. The smallest absolute Gasteiger partial charge is 0.234 e. The summed E-state index contributed by atoms with van der Waals surface area (Å²) in [4.78, 5) is 0. The number of aromatic hydroxyl groups is 1. The number of aromatic nitrogens is 2. The minimum absolute atomic E-state index is 0.0430. The predicted molar refractivity (Wildman–Crippen MR) is 62.2 cm³/mol. The van der Waals surface area contributed by atoms with Crippen molar-refractivity contribution in [3.05, 3.63) is 11.3 Å². The Bertz CT molecular complexity index is 334. The largest absolute Gasteiger partial charge is 0.492 e. The van der Waals surface area contributed by atoms with Crippen molar-refractivity contribution in [3.8, 4) is 5.88 Å². The molecule has 0 aliphatic heterocycles. The summed E-state index contributed by atoms with van der Waals surface area (Å²) in [6, 6.07) is 0. The predicted octanol–water partition coefficient (Wildman–Crippen LogP) is 2.99. The van der Waals surface area contributed by atoms with Gasteiger partial charge in [0.15, 0.2) is 0 Å². The van der Waals surface area contributed by atoms with Crippen molar-refractivity contribution in [2.24, 2.45) is 0 Å². The summed E-state index contributed by atoms with van der Waals surface area (Å²) in [5, 5.41) is 14.0. The zero-order valence-electron chi connectivity index (χ0n) is 10.5. The fraction of sp³-hybridized carbons (Fsp3) is 0.750. The van der Waals surface area contributed by atoms with Crippen molar-refractivity contribution in [1.29, 1.82) is 0 Å². The summed E-state index contributed by atoms with van der Waals surface area (Å²) in [5.41, 5.74) is 2.02. The SMILES string of the molecule is CCCCn1nc(O)c(C(C)(C)C)c1C. The van der Waals surface area contributed by atoms with Crippen LogP contribution in [0.4, 0.5) is 0 Å². The van der Waals surface area contributed by atoms with E-state index in [0.717, 1.165) is 30.6 Å². The first-order valence-electron chi connectivity index (χ1n) is 5.64. The monoisotopic (exact) mass is 210 g/mol. The van der Waals surface area contributed by atoms with Gasteiger partial charge in [0.05, 0.1) is 0 Å². The lowest BCUT2D eigenvalue weighted by Crippen LogP contribution is -2.13. The standard InChI is InChI=1S/C12H22N2O/c1-6-7-8-14-9(2)10(11(15)13-14)12(3,4)5/h6-8H2,1-5H3,(H,13,15). The van der Waals surface area contributed by atoms with Crippen molar-refractivity contribution in [3.63, 3.8) is 0 Å². The minimum atomic E-state index is -0.0430. The number of hydrogen-bond donors (Lipinski definition) is 1. The molecule has 0 radical (unpaired) electrons. The fourth-order valence-corrected chi connectivity index (χ4v) is 1.93. The second-order valence-electron chi connectivity index (χ2n) is 5.11. The van der Waals surface area contributed by atoms with Crippen LogP contribution in [-0.2, 0) is 12.0 Å². The van der Waals surface area contributed by atoms with Gasteiger partial charge in [0.25, 0.3) is 0 Å². The van der Waals surface area contributed by atoms with Crippen molar-refractivity contribution in [1.82, 2.24) is 9.78 Å². The van der Waals surface area contributed by atoms with Gasteiger partial charge in [-0.05, 0) is 18.8 Å². The molecule has 86 valence electrons. The van der Waals surface area contributed by atoms with E-state index in [1.807, 2.05) is 11.6 Å². The molecule has 15 heavy (non-hydrogen) atoms. The quantitative estimate of drug-likeness (QED) is 0.832. The van der Waals surface area contributed by atoms with Crippen molar-refractivity contribution < 1.29 is 5.11 Å². The lowest BCUT2D eigenvalue weighted by atomic mass is 9.87. The van der Waals surface area contributed by atoms with Crippen LogP contribution in [0.15, 0.2) is 0 Å². The summed E-state index contributed by atoms with van der Waals surface area (Å²) in [6.07, 6.45) is 2.25. The van der Waals surface area contributed by atoms with E-state index in [2.05, 4.69) is 32.8 Å². The highest BCUT2D eigenvalue weighted by molar-refractivity contribution is 5.35. The molecule has 3 heteroatoms. The van der Waals surface area contributed by atoms with Crippen LogP contribution in [0.25, 0.3) is 0 Å². The Morgan fingerprint density at radius 2 is 1.93 bits per heavy atom. The van der Waals surface area contributed by atoms with Crippen LogP contribution in [0.3, 0.4) is 0 Å². The van der Waals surface area contributed by atoms with Crippen LogP contribution < -0.4 is 0 Å². The van der Waals surface area contributed by atoms with Crippen molar-refractivity contribution in [2.75, 3.05) is 0 Å². The molecule has 0 unspecified atom stereocenters. The van der Waals surface area contributed by atoms with Crippen molar-refractivity contribution in [2.45, 2.75) is 59.4 Å². The Morgan fingerprint density at radius 3 is 2.33 bits per heavy atom. The van der Waals surface area contributed by atoms with Gasteiger partial charge in [-0.15, -0.1) is 5.10 Å². The Labute approximate surface area is 92.1 Å². The van der Waals surface area contributed by atoms with E-state index in [1.54, 1.807) is 0 Å². The molecule has 1 rings (SSSR count). The fourth-order valence-electron chi connectivity index (χ4n) is 1.93. The third kappa shape index (κ3) is 2.52. The van der Waals surface area contributed by atoms with E-state index in [4.69, 9.17) is 0 Å². The molecular formula is C12H22N2O. The van der Waals surface area contributed by atoms with Crippen LogP contribution in [-0.4, -0.2) is 14.9 Å². The highest BCUT2D eigenvalue weighted by atomic mass is 16.3. The van der Waals surface area contributed by atoms with E-state index in [-0.39, 0.29) is 11.3 Å². The Balaban J connectivity index is 3.04. The van der Waals surface area contributed by atoms with Gasteiger partial charge in [-0.3, -0.25) is 4.68 Å². The molecule has 0 amide bonds. The zero-order valence-corrected chi connectivity index (χ0v) is 10.5. The Hall–Kier alpha value is -0.990. The van der Waals surface area contributed by atoms with Gasteiger partial charge in [0.2, 0.25) is 5.88 Å². The molecule has 0 aliphatic rings. The maximum Gasteiger partial charge on any atom is 0.234 e. The highest BCUT2D eigenvalue weighted by Gasteiger charge is 2.25. The molecule has 0 saturated heterocycles. The molecule has 0 fully saturated rings. The molecular weight excluding hydrogens is 188 g/mol. The van der Waals surface area contributed by atoms with Crippen LogP contribution >= 0.6 is 0 Å². The molecule has 0 atom stereocenters. The topological polar surface area (TPSA) is 38.0 Å². The summed E-state index contributed by atoms with van der Waals surface area (Å²) < 4.78 is 1.92. The van der Waals surface area contributed by atoms with Gasteiger partial charge < -0.3 is 5.11 Å². The average Bonchev–Trinajstić information content (AvgIpc) is 2.36. The summed E-state index contributed by atoms with van der Waals surface area (Å²) in [5.74, 6) is 0.191. The van der Waals surface area contributed by atoms with Gasteiger partial charge in [0, 0.05) is 17.8 Å². The van der Waals surface area contributed by atoms with Gasteiger partial charge in [-0.1, -0.05) is 34.1 Å². The first-order valence-corrected chi connectivity index (χ1v) is 5.64. The van der Waals surface area contributed by atoms with Gasteiger partial charge >= 0.3 is 0 Å². The average molecular weight is 210 g/mol. The second kappa shape index (κ2) is 4.25. The van der Waals surface area contributed by atoms with E-state index in [0.29, 0.717) is 0 Å². The maximum absolute atomic E-state index is 9.82. The third-order valence-corrected chi connectivity index (χ3v) is 2.66. The lowest BCUT2D eigenvalue weighted by Gasteiger charge is -2.18. The van der Waals surface area contributed by atoms with Crippen molar-refractivity contribution >= 4 is 0 Å². The van der Waals surface area contributed by atoms with Crippen LogP contribution in [0.2, 0.25) is 0 Å². The number of rotatable bonds is 3. The molecule has 0 spiro atoms. The van der Waals surface area contributed by atoms with E-state index >= 15 is 0 Å². The Morgan fingerprint density at radius 1 is 1.33 bits per heavy atom. The number of aryl methyl sites for hydroxylation is 1. The molecule has 1 aromatic heterocycles. The minimum Gasteiger partial charge on any atom is -0.492 e. The van der Waals surface area contributed by atoms with E-state index < -0.39 is 0 Å². The first-order chi connectivity index (χ1) is 6.88. The van der Waals surface area contributed by atoms with Crippen LogP contribution in [0, 0.1) is 6.92 Å².